The van der Waals surface area contributed by atoms with Crippen molar-refractivity contribution in [2.75, 3.05) is 7.11 Å². The Kier molecular flexibility index (Phi) is 3.15. The van der Waals surface area contributed by atoms with E-state index in [1.54, 1.807) is 0 Å². The summed E-state index contributed by atoms with van der Waals surface area (Å²) < 4.78 is 17.8. The molecule has 0 fully saturated rings. The SMILES string of the molecule is COc1c(CC#N)cc(F)c(O)c1Cl. The Morgan fingerprint density at radius 1 is 1.71 bits per heavy atom. The predicted octanol–water partition coefficient (Wildman–Crippen LogP) is 2.26. The molecule has 0 saturated heterocycles. The number of nitrogens with zero attached hydrogens (tertiary/aromatic N) is 1. The van der Waals surface area contributed by atoms with Gasteiger partial charge in [0.1, 0.15) is 10.8 Å². The van der Waals surface area contributed by atoms with E-state index in [4.69, 9.17) is 26.7 Å². The van der Waals surface area contributed by atoms with Gasteiger partial charge in [0.2, 0.25) is 0 Å². The van der Waals surface area contributed by atoms with Crippen LogP contribution in [0.3, 0.4) is 0 Å². The van der Waals surface area contributed by atoms with Crippen molar-refractivity contribution in [3.8, 4) is 17.6 Å². The van der Waals surface area contributed by atoms with Gasteiger partial charge in [-0.25, -0.2) is 4.39 Å². The number of halogens is 2. The fourth-order valence-electron chi connectivity index (χ4n) is 1.08. The first-order valence-electron chi connectivity index (χ1n) is 3.72. The van der Waals surface area contributed by atoms with Crippen molar-refractivity contribution in [3.63, 3.8) is 0 Å². The number of aromatic hydroxyl groups is 1. The van der Waals surface area contributed by atoms with Crippen molar-refractivity contribution in [2.24, 2.45) is 0 Å². The fourth-order valence-corrected chi connectivity index (χ4v) is 1.37. The number of ether oxygens (including phenoxy) is 1. The monoisotopic (exact) mass is 215 g/mol. The van der Waals surface area contributed by atoms with Gasteiger partial charge in [0.25, 0.3) is 0 Å². The standard InChI is InChI=1S/C9H7ClFNO2/c1-14-9-5(2-3-12)4-6(11)8(13)7(9)10/h4,13H,2H2,1H3. The minimum absolute atomic E-state index is 0.0277. The highest BCUT2D eigenvalue weighted by molar-refractivity contribution is 6.33. The molecule has 0 saturated carbocycles. The van der Waals surface area contributed by atoms with Gasteiger partial charge in [-0.3, -0.25) is 0 Å². The van der Waals surface area contributed by atoms with E-state index in [0.29, 0.717) is 5.56 Å². The van der Waals surface area contributed by atoms with Crippen LogP contribution in [0.5, 0.6) is 11.5 Å². The third-order valence-electron chi connectivity index (χ3n) is 1.70. The molecule has 0 atom stereocenters. The molecule has 0 spiro atoms. The zero-order valence-corrected chi connectivity index (χ0v) is 8.10. The minimum atomic E-state index is -0.860. The van der Waals surface area contributed by atoms with Crippen molar-refractivity contribution >= 4 is 11.6 Å². The molecule has 0 aliphatic rings. The molecular formula is C9H7ClFNO2. The smallest absolute Gasteiger partial charge is 0.174 e. The number of methoxy groups -OCH3 is 1. The second kappa shape index (κ2) is 4.16. The molecule has 1 aromatic rings. The molecule has 1 N–H and O–H groups in total. The molecule has 3 nitrogen and oxygen atoms in total. The summed E-state index contributed by atoms with van der Waals surface area (Å²) in [5.41, 5.74) is 0.315. The van der Waals surface area contributed by atoms with Crippen LogP contribution in [-0.2, 0) is 6.42 Å². The summed E-state index contributed by atoms with van der Waals surface area (Å²) in [6, 6.07) is 2.88. The zero-order valence-electron chi connectivity index (χ0n) is 7.34. The molecule has 0 bridgehead atoms. The fraction of sp³-hybridized carbons (Fsp3) is 0.222. The first kappa shape index (κ1) is 10.6. The Morgan fingerprint density at radius 3 is 2.86 bits per heavy atom. The summed E-state index contributed by atoms with van der Waals surface area (Å²) in [6.45, 7) is 0. The molecule has 0 heterocycles. The van der Waals surface area contributed by atoms with Crippen LogP contribution in [0.25, 0.3) is 0 Å². The number of phenols is 1. The maximum atomic E-state index is 13.0. The van der Waals surface area contributed by atoms with Gasteiger partial charge in [-0.05, 0) is 6.07 Å². The summed E-state index contributed by atoms with van der Waals surface area (Å²) in [5.74, 6) is -1.39. The molecule has 0 radical (unpaired) electrons. The average molecular weight is 216 g/mol. The first-order valence-corrected chi connectivity index (χ1v) is 4.10. The van der Waals surface area contributed by atoms with Crippen LogP contribution < -0.4 is 4.74 Å². The van der Waals surface area contributed by atoms with Gasteiger partial charge in [-0.1, -0.05) is 11.6 Å². The third-order valence-corrected chi connectivity index (χ3v) is 2.05. The molecule has 0 aromatic heterocycles. The Balaban J connectivity index is 3.37. The summed E-state index contributed by atoms with van der Waals surface area (Å²) >= 11 is 5.62. The van der Waals surface area contributed by atoms with Crippen LogP contribution in [0.15, 0.2) is 6.07 Å². The Hall–Kier alpha value is -1.47. The highest BCUT2D eigenvalue weighted by Crippen LogP contribution is 2.38. The van der Waals surface area contributed by atoms with Crippen LogP contribution in [0, 0.1) is 17.1 Å². The summed E-state index contributed by atoms with van der Waals surface area (Å²) in [5, 5.41) is 17.4. The topological polar surface area (TPSA) is 53.2 Å². The highest BCUT2D eigenvalue weighted by Gasteiger charge is 2.16. The van der Waals surface area contributed by atoms with Gasteiger partial charge in [0.05, 0.1) is 19.6 Å². The lowest BCUT2D eigenvalue weighted by atomic mass is 10.1. The average Bonchev–Trinajstić information content (AvgIpc) is 2.16. The number of hydrogen-bond acceptors (Lipinski definition) is 3. The zero-order chi connectivity index (χ0) is 10.7. The highest BCUT2D eigenvalue weighted by atomic mass is 35.5. The van der Waals surface area contributed by atoms with Crippen LogP contribution in [0.1, 0.15) is 5.56 Å². The maximum Gasteiger partial charge on any atom is 0.174 e. The summed E-state index contributed by atoms with van der Waals surface area (Å²) in [7, 11) is 1.33. The first-order chi connectivity index (χ1) is 6.61. The van der Waals surface area contributed by atoms with E-state index >= 15 is 0 Å². The van der Waals surface area contributed by atoms with E-state index in [9.17, 15) is 4.39 Å². The molecular weight excluding hydrogens is 209 g/mol. The van der Waals surface area contributed by atoms with Crippen LogP contribution in [-0.4, -0.2) is 12.2 Å². The van der Waals surface area contributed by atoms with Crippen molar-refractivity contribution in [3.05, 3.63) is 22.5 Å². The van der Waals surface area contributed by atoms with Crippen molar-refractivity contribution in [2.45, 2.75) is 6.42 Å². The van der Waals surface area contributed by atoms with Crippen molar-refractivity contribution < 1.29 is 14.2 Å². The lowest BCUT2D eigenvalue weighted by molar-refractivity contribution is 0.394. The summed E-state index contributed by atoms with van der Waals surface area (Å²) in [6.07, 6.45) is -0.0277. The van der Waals surface area contributed by atoms with E-state index in [1.807, 2.05) is 6.07 Å². The van der Waals surface area contributed by atoms with Gasteiger partial charge >= 0.3 is 0 Å². The van der Waals surface area contributed by atoms with E-state index in [2.05, 4.69) is 0 Å². The molecule has 1 rings (SSSR count). The maximum absolute atomic E-state index is 13.0. The number of hydrogen-bond donors (Lipinski definition) is 1. The molecule has 0 amide bonds. The number of phenolic OH excluding ortho intramolecular Hbond substituents is 1. The van der Waals surface area contributed by atoms with Gasteiger partial charge in [-0.15, -0.1) is 0 Å². The number of benzene rings is 1. The van der Waals surface area contributed by atoms with Gasteiger partial charge in [-0.2, -0.15) is 5.26 Å². The third kappa shape index (κ3) is 1.73. The van der Waals surface area contributed by atoms with Gasteiger partial charge in [0.15, 0.2) is 11.6 Å². The molecule has 0 aliphatic carbocycles. The lowest BCUT2D eigenvalue weighted by Gasteiger charge is -2.09. The predicted molar refractivity (Wildman–Crippen MR) is 48.9 cm³/mol. The molecule has 0 unspecified atom stereocenters. The van der Waals surface area contributed by atoms with Crippen molar-refractivity contribution in [1.82, 2.24) is 0 Å². The van der Waals surface area contributed by atoms with Gasteiger partial charge in [0, 0.05) is 5.56 Å². The molecule has 0 aliphatic heterocycles. The van der Waals surface area contributed by atoms with Crippen LogP contribution in [0.2, 0.25) is 5.02 Å². The van der Waals surface area contributed by atoms with Gasteiger partial charge < -0.3 is 9.84 Å². The minimum Gasteiger partial charge on any atom is -0.504 e. The molecule has 74 valence electrons. The largest absolute Gasteiger partial charge is 0.504 e. The van der Waals surface area contributed by atoms with E-state index in [-0.39, 0.29) is 17.2 Å². The Labute approximate surface area is 85.3 Å². The summed E-state index contributed by atoms with van der Waals surface area (Å²) in [4.78, 5) is 0. The van der Waals surface area contributed by atoms with E-state index < -0.39 is 11.6 Å². The van der Waals surface area contributed by atoms with Crippen LogP contribution >= 0.6 is 11.6 Å². The molecule has 1 aromatic carbocycles. The van der Waals surface area contributed by atoms with E-state index in [0.717, 1.165) is 6.07 Å². The Bertz CT molecular complexity index is 401. The number of rotatable bonds is 2. The molecule has 14 heavy (non-hydrogen) atoms. The second-order valence-electron chi connectivity index (χ2n) is 2.55. The van der Waals surface area contributed by atoms with E-state index in [1.165, 1.54) is 7.11 Å². The Morgan fingerprint density at radius 2 is 2.36 bits per heavy atom. The number of nitriles is 1. The quantitative estimate of drug-likeness (QED) is 0.823. The van der Waals surface area contributed by atoms with Crippen molar-refractivity contribution in [1.29, 1.82) is 5.26 Å². The van der Waals surface area contributed by atoms with Crippen LogP contribution in [0.4, 0.5) is 4.39 Å². The normalized spacial score (nSPS) is 9.57. The second-order valence-corrected chi connectivity index (χ2v) is 2.93. The molecule has 5 heteroatoms. The lowest BCUT2D eigenvalue weighted by Crippen LogP contribution is -1.94.